The van der Waals surface area contributed by atoms with Gasteiger partial charge in [0, 0.05) is 23.2 Å². The number of aliphatic imine (C=N–C) groups is 1. The highest BCUT2D eigenvalue weighted by Crippen LogP contribution is 2.51. The first-order valence-electron chi connectivity index (χ1n) is 8.17. The van der Waals surface area contributed by atoms with Gasteiger partial charge in [-0.2, -0.15) is 0 Å². The summed E-state index contributed by atoms with van der Waals surface area (Å²) >= 11 is 1.92. The fourth-order valence-corrected chi connectivity index (χ4v) is 3.68. The van der Waals surface area contributed by atoms with Gasteiger partial charge in [-0.15, -0.1) is 35.7 Å². The van der Waals surface area contributed by atoms with Crippen LogP contribution < -0.4 is 16.4 Å². The molecule has 1 aromatic carbocycles. The predicted molar refractivity (Wildman–Crippen MR) is 115 cm³/mol. The lowest BCUT2D eigenvalue weighted by molar-refractivity contribution is 0.0972. The third kappa shape index (κ3) is 5.66. The lowest BCUT2D eigenvalue weighted by atomic mass is 10.4. The third-order valence-electron chi connectivity index (χ3n) is 4.02. The van der Waals surface area contributed by atoms with Crippen molar-refractivity contribution in [3.63, 3.8) is 0 Å². The number of halogens is 1. The van der Waals surface area contributed by atoms with E-state index in [1.807, 2.05) is 17.8 Å². The van der Waals surface area contributed by atoms with Crippen molar-refractivity contribution in [2.45, 2.75) is 29.0 Å². The highest BCUT2D eigenvalue weighted by molar-refractivity contribution is 14.0. The molecule has 0 spiro atoms. The lowest BCUT2D eigenvalue weighted by Crippen LogP contribution is -2.40. The second-order valence-corrected chi connectivity index (χ2v) is 7.55. The van der Waals surface area contributed by atoms with Crippen molar-refractivity contribution < 1.29 is 9.21 Å². The minimum absolute atomic E-state index is 0. The van der Waals surface area contributed by atoms with Crippen molar-refractivity contribution in [1.29, 1.82) is 0 Å². The van der Waals surface area contributed by atoms with Crippen LogP contribution in [0.1, 0.15) is 29.2 Å². The molecule has 8 heteroatoms. The summed E-state index contributed by atoms with van der Waals surface area (Å²) in [4.78, 5) is 16.6. The van der Waals surface area contributed by atoms with Crippen molar-refractivity contribution in [2.75, 3.05) is 13.6 Å². The molecule has 1 amide bonds. The Bertz CT molecular complexity index is 760. The van der Waals surface area contributed by atoms with Gasteiger partial charge in [0.25, 0.3) is 5.91 Å². The van der Waals surface area contributed by atoms with E-state index in [0.29, 0.717) is 18.3 Å². The molecule has 0 unspecified atom stereocenters. The molecule has 0 atom stereocenters. The molecular formula is C18H23IN4O2S. The highest BCUT2D eigenvalue weighted by Gasteiger charge is 2.43. The van der Waals surface area contributed by atoms with Gasteiger partial charge < -0.3 is 20.8 Å². The van der Waals surface area contributed by atoms with Crippen LogP contribution in [0.15, 0.2) is 56.8 Å². The van der Waals surface area contributed by atoms with Gasteiger partial charge in [-0.25, -0.2) is 0 Å². The average Bonchev–Trinajstić information content (AvgIpc) is 3.20. The van der Waals surface area contributed by atoms with Gasteiger partial charge in [-0.05, 0) is 37.1 Å². The van der Waals surface area contributed by atoms with E-state index in [4.69, 9.17) is 10.2 Å². The van der Waals surface area contributed by atoms with Crippen LogP contribution in [0.3, 0.4) is 0 Å². The van der Waals surface area contributed by atoms with Crippen molar-refractivity contribution >= 4 is 47.6 Å². The molecule has 4 N–H and O–H groups in total. The van der Waals surface area contributed by atoms with Crippen LogP contribution in [-0.4, -0.2) is 30.2 Å². The number of hydrogen-bond acceptors (Lipinski definition) is 4. The number of thioether (sulfide) groups is 1. The molecule has 26 heavy (non-hydrogen) atoms. The summed E-state index contributed by atoms with van der Waals surface area (Å²) in [5.41, 5.74) is 5.18. The summed E-state index contributed by atoms with van der Waals surface area (Å²) in [5, 5.41) is 6.56. The molecule has 0 radical (unpaired) electrons. The Kier molecular flexibility index (Phi) is 7.39. The number of furan rings is 1. The van der Waals surface area contributed by atoms with Gasteiger partial charge in [0.1, 0.15) is 5.76 Å². The fraction of sp³-hybridized carbons (Fsp3) is 0.333. The number of nitrogens with two attached hydrogens (primary N) is 1. The number of primary amides is 1. The number of guanidine groups is 1. The van der Waals surface area contributed by atoms with Gasteiger partial charge in [-0.3, -0.25) is 9.79 Å². The zero-order valence-electron chi connectivity index (χ0n) is 14.5. The molecule has 2 aromatic rings. The maximum absolute atomic E-state index is 11.0. The molecule has 3 rings (SSSR count). The van der Waals surface area contributed by atoms with Crippen molar-refractivity contribution in [1.82, 2.24) is 10.6 Å². The smallest absolute Gasteiger partial charge is 0.284 e. The third-order valence-corrected chi connectivity index (χ3v) is 5.51. The van der Waals surface area contributed by atoms with Gasteiger partial charge in [0.15, 0.2) is 11.7 Å². The second kappa shape index (κ2) is 9.31. The molecule has 0 bridgehead atoms. The van der Waals surface area contributed by atoms with Crippen LogP contribution in [0.2, 0.25) is 0 Å². The molecule has 6 nitrogen and oxygen atoms in total. The Morgan fingerprint density at radius 3 is 2.54 bits per heavy atom. The van der Waals surface area contributed by atoms with Gasteiger partial charge in [-0.1, -0.05) is 18.2 Å². The zero-order chi connectivity index (χ0) is 17.7. The molecule has 140 valence electrons. The van der Waals surface area contributed by atoms with Crippen LogP contribution in [0.4, 0.5) is 0 Å². The molecule has 1 heterocycles. The van der Waals surface area contributed by atoms with Crippen molar-refractivity contribution in [3.8, 4) is 0 Å². The molecule has 0 aliphatic heterocycles. The molecule has 0 saturated heterocycles. The van der Waals surface area contributed by atoms with Gasteiger partial charge in [0.2, 0.25) is 0 Å². The molecule has 1 aliphatic rings. The summed E-state index contributed by atoms with van der Waals surface area (Å²) in [6, 6.07) is 13.8. The molecule has 1 fully saturated rings. The number of carbonyl (C=O) groups excluding carboxylic acids is 1. The van der Waals surface area contributed by atoms with E-state index in [0.717, 1.165) is 6.54 Å². The molecular weight excluding hydrogens is 463 g/mol. The largest absolute Gasteiger partial charge is 0.454 e. The van der Waals surface area contributed by atoms with E-state index in [2.05, 4.69) is 39.9 Å². The Labute approximate surface area is 174 Å². The monoisotopic (exact) mass is 486 g/mol. The Morgan fingerprint density at radius 2 is 1.96 bits per heavy atom. The SMILES string of the molecule is CN=C(NCc1ccc(C(N)=O)o1)NCC1(Sc2ccccc2)CC1.I. The summed E-state index contributed by atoms with van der Waals surface area (Å²) in [6.07, 6.45) is 2.38. The van der Waals surface area contributed by atoms with Crippen LogP contribution in [0.5, 0.6) is 0 Å². The highest BCUT2D eigenvalue weighted by atomic mass is 127. The number of rotatable bonds is 7. The number of hydrogen-bond donors (Lipinski definition) is 3. The Balaban J connectivity index is 0.00000243. The van der Waals surface area contributed by atoms with Crippen LogP contribution in [0.25, 0.3) is 0 Å². The normalized spacial score (nSPS) is 15.0. The maximum atomic E-state index is 11.0. The Morgan fingerprint density at radius 1 is 1.23 bits per heavy atom. The minimum atomic E-state index is -0.567. The van der Waals surface area contributed by atoms with E-state index in [1.165, 1.54) is 17.7 Å². The Hall–Kier alpha value is -1.68. The number of nitrogens with one attached hydrogen (secondary N) is 2. The summed E-state index contributed by atoms with van der Waals surface area (Å²) < 4.78 is 5.59. The lowest BCUT2D eigenvalue weighted by Gasteiger charge is -2.18. The van der Waals surface area contributed by atoms with Crippen LogP contribution in [-0.2, 0) is 6.54 Å². The fourth-order valence-electron chi connectivity index (χ4n) is 2.43. The van der Waals surface area contributed by atoms with Crippen molar-refractivity contribution in [3.05, 3.63) is 54.0 Å². The number of nitrogens with zero attached hydrogens (tertiary/aromatic N) is 1. The van der Waals surface area contributed by atoms with Gasteiger partial charge in [0.05, 0.1) is 6.54 Å². The first kappa shape index (κ1) is 20.6. The predicted octanol–water partition coefficient (Wildman–Crippen LogP) is 2.99. The molecule has 1 saturated carbocycles. The second-order valence-electron chi connectivity index (χ2n) is 6.01. The van der Waals surface area contributed by atoms with Crippen molar-refractivity contribution in [2.24, 2.45) is 10.7 Å². The zero-order valence-corrected chi connectivity index (χ0v) is 17.7. The van der Waals surface area contributed by atoms with Crippen LogP contribution >= 0.6 is 35.7 Å². The van der Waals surface area contributed by atoms with E-state index in [9.17, 15) is 4.79 Å². The first-order valence-corrected chi connectivity index (χ1v) is 8.99. The summed E-state index contributed by atoms with van der Waals surface area (Å²) in [5.74, 6) is 0.937. The van der Waals surface area contributed by atoms with E-state index < -0.39 is 5.91 Å². The molecule has 1 aromatic heterocycles. The maximum Gasteiger partial charge on any atom is 0.284 e. The minimum Gasteiger partial charge on any atom is -0.454 e. The average molecular weight is 486 g/mol. The number of benzene rings is 1. The van der Waals surface area contributed by atoms with E-state index in [-0.39, 0.29) is 34.5 Å². The first-order chi connectivity index (χ1) is 12.1. The standard InChI is InChI=1S/C18H22N4O2S.HI/c1-20-17(21-11-13-7-8-15(24-13)16(19)23)22-12-18(9-10-18)25-14-5-3-2-4-6-14;/h2-8H,9-12H2,1H3,(H2,19,23)(H2,20,21,22);1H. The van der Waals surface area contributed by atoms with Gasteiger partial charge >= 0.3 is 0 Å². The molecule has 1 aliphatic carbocycles. The summed E-state index contributed by atoms with van der Waals surface area (Å²) in [6.45, 7) is 1.28. The van der Waals surface area contributed by atoms with E-state index >= 15 is 0 Å². The topological polar surface area (TPSA) is 92.6 Å². The number of amides is 1. The quantitative estimate of drug-likeness (QED) is 0.318. The van der Waals surface area contributed by atoms with Crippen LogP contribution in [0, 0.1) is 0 Å². The summed E-state index contributed by atoms with van der Waals surface area (Å²) in [7, 11) is 1.73. The van der Waals surface area contributed by atoms with E-state index in [1.54, 1.807) is 19.2 Å². The number of carbonyl (C=O) groups is 1.